The molecule has 3 N–H and O–H groups in total. The van der Waals surface area contributed by atoms with E-state index in [-0.39, 0.29) is 12.4 Å². The molecule has 0 heterocycles. The van der Waals surface area contributed by atoms with E-state index in [2.05, 4.69) is 0 Å². The number of carboxylic acids is 1. The maximum absolute atomic E-state index is 13.0. The molecule has 0 aliphatic carbocycles. The number of benzene rings is 1. The number of hydrogen-bond acceptors (Lipinski definition) is 2. The van der Waals surface area contributed by atoms with Gasteiger partial charge in [0.2, 0.25) is 0 Å². The highest BCUT2D eigenvalue weighted by molar-refractivity contribution is 5.70. The van der Waals surface area contributed by atoms with Crippen LogP contribution in [0.3, 0.4) is 0 Å². The molecule has 0 spiro atoms. The molecule has 0 bridgehead atoms. The fourth-order valence-corrected chi connectivity index (χ4v) is 2.25. The average Bonchev–Trinajstić information content (AvgIpc) is 2.35. The first kappa shape index (κ1) is 15.6. The minimum Gasteiger partial charge on any atom is -0.481 e. The van der Waals surface area contributed by atoms with E-state index in [4.69, 9.17) is 10.8 Å². The van der Waals surface area contributed by atoms with Crippen molar-refractivity contribution < 1.29 is 14.3 Å². The molecule has 106 valence electrons. The topological polar surface area (TPSA) is 63.3 Å². The zero-order valence-corrected chi connectivity index (χ0v) is 11.3. The molecule has 19 heavy (non-hydrogen) atoms. The van der Waals surface area contributed by atoms with E-state index in [0.29, 0.717) is 12.3 Å². The number of carbonyl (C=O) groups is 1. The second-order valence-corrected chi connectivity index (χ2v) is 5.13. The van der Waals surface area contributed by atoms with Gasteiger partial charge in [-0.1, -0.05) is 25.5 Å². The Morgan fingerprint density at radius 1 is 1.47 bits per heavy atom. The van der Waals surface area contributed by atoms with Gasteiger partial charge in [-0.15, -0.1) is 0 Å². The monoisotopic (exact) mass is 267 g/mol. The summed E-state index contributed by atoms with van der Waals surface area (Å²) in [7, 11) is 0. The first-order valence-electron chi connectivity index (χ1n) is 6.70. The van der Waals surface area contributed by atoms with Crippen LogP contribution in [-0.4, -0.2) is 17.6 Å². The standard InChI is InChI=1S/C15H22FNO2/c1-11(8-13(10-17)15(18)19)4-2-5-12-6-3-7-14(16)9-12/h3,6-7,9,11,13H,2,4-5,8,10,17H2,1H3,(H,18,19)/t11-,13-/m1/s1. The summed E-state index contributed by atoms with van der Waals surface area (Å²) < 4.78 is 13.0. The second-order valence-electron chi connectivity index (χ2n) is 5.13. The van der Waals surface area contributed by atoms with Gasteiger partial charge in [0.25, 0.3) is 0 Å². The molecule has 0 fully saturated rings. The molecule has 0 aliphatic heterocycles. The predicted octanol–water partition coefficient (Wildman–Crippen LogP) is 2.83. The van der Waals surface area contributed by atoms with E-state index in [0.717, 1.165) is 24.8 Å². The molecule has 0 saturated carbocycles. The van der Waals surface area contributed by atoms with E-state index >= 15 is 0 Å². The first-order chi connectivity index (χ1) is 9.02. The number of rotatable bonds is 8. The Hall–Kier alpha value is -1.42. The fourth-order valence-electron chi connectivity index (χ4n) is 2.25. The van der Waals surface area contributed by atoms with Crippen molar-refractivity contribution in [3.8, 4) is 0 Å². The lowest BCUT2D eigenvalue weighted by atomic mass is 9.91. The third-order valence-electron chi connectivity index (χ3n) is 3.37. The molecule has 0 radical (unpaired) electrons. The Bertz CT molecular complexity index is 409. The van der Waals surface area contributed by atoms with E-state index in [1.54, 1.807) is 12.1 Å². The summed E-state index contributed by atoms with van der Waals surface area (Å²) in [5, 5.41) is 8.93. The number of carboxylic acid groups (broad SMARTS) is 1. The quantitative estimate of drug-likeness (QED) is 0.761. The van der Waals surface area contributed by atoms with Crippen molar-refractivity contribution in [3.05, 3.63) is 35.6 Å². The van der Waals surface area contributed by atoms with Crippen molar-refractivity contribution in [1.29, 1.82) is 0 Å². The van der Waals surface area contributed by atoms with Gasteiger partial charge in [0.15, 0.2) is 0 Å². The minimum atomic E-state index is -0.820. The summed E-state index contributed by atoms with van der Waals surface area (Å²) >= 11 is 0. The summed E-state index contributed by atoms with van der Waals surface area (Å²) in [5.74, 6) is -1.17. The van der Waals surface area contributed by atoms with Crippen molar-refractivity contribution in [1.82, 2.24) is 0 Å². The Labute approximate surface area is 113 Å². The van der Waals surface area contributed by atoms with Crippen molar-refractivity contribution in [2.75, 3.05) is 6.54 Å². The van der Waals surface area contributed by atoms with E-state index < -0.39 is 11.9 Å². The lowest BCUT2D eigenvalue weighted by molar-refractivity contribution is -0.141. The summed E-state index contributed by atoms with van der Waals surface area (Å²) in [6.07, 6.45) is 3.29. The minimum absolute atomic E-state index is 0.184. The van der Waals surface area contributed by atoms with Gasteiger partial charge in [0, 0.05) is 6.54 Å². The molecular weight excluding hydrogens is 245 g/mol. The van der Waals surface area contributed by atoms with Gasteiger partial charge < -0.3 is 10.8 Å². The van der Waals surface area contributed by atoms with Crippen LogP contribution in [0.15, 0.2) is 24.3 Å². The number of aryl methyl sites for hydroxylation is 1. The molecule has 0 amide bonds. The van der Waals surface area contributed by atoms with Gasteiger partial charge in [-0.3, -0.25) is 4.79 Å². The van der Waals surface area contributed by atoms with Crippen LogP contribution < -0.4 is 5.73 Å². The predicted molar refractivity (Wildman–Crippen MR) is 73.3 cm³/mol. The van der Waals surface area contributed by atoms with Crippen LogP contribution in [0.4, 0.5) is 4.39 Å². The largest absolute Gasteiger partial charge is 0.481 e. The molecule has 0 saturated heterocycles. The van der Waals surface area contributed by atoms with Gasteiger partial charge in [-0.25, -0.2) is 4.39 Å². The molecule has 3 nitrogen and oxygen atoms in total. The lowest BCUT2D eigenvalue weighted by Crippen LogP contribution is -2.25. The maximum Gasteiger partial charge on any atom is 0.307 e. The van der Waals surface area contributed by atoms with Gasteiger partial charge in [0.1, 0.15) is 5.82 Å². The summed E-state index contributed by atoms with van der Waals surface area (Å²) in [6, 6.07) is 6.60. The lowest BCUT2D eigenvalue weighted by Gasteiger charge is -2.16. The van der Waals surface area contributed by atoms with Crippen molar-refractivity contribution in [3.63, 3.8) is 0 Å². The van der Waals surface area contributed by atoms with E-state index in [1.807, 2.05) is 13.0 Å². The number of nitrogens with two attached hydrogens (primary N) is 1. The highest BCUT2D eigenvalue weighted by Gasteiger charge is 2.18. The molecule has 1 rings (SSSR count). The number of hydrogen-bond donors (Lipinski definition) is 2. The molecule has 1 aromatic rings. The van der Waals surface area contributed by atoms with Crippen LogP contribution >= 0.6 is 0 Å². The number of halogens is 1. The SMILES string of the molecule is C[C@H](CCCc1cccc(F)c1)C[C@H](CN)C(=O)O. The van der Waals surface area contributed by atoms with Crippen molar-refractivity contribution in [2.45, 2.75) is 32.6 Å². The van der Waals surface area contributed by atoms with Crippen LogP contribution in [0.1, 0.15) is 31.7 Å². The number of aliphatic carboxylic acids is 1. The summed E-state index contributed by atoms with van der Waals surface area (Å²) in [6.45, 7) is 2.22. The molecule has 0 unspecified atom stereocenters. The smallest absolute Gasteiger partial charge is 0.307 e. The molecular formula is C15H22FNO2. The molecule has 2 atom stereocenters. The zero-order valence-electron chi connectivity index (χ0n) is 11.3. The highest BCUT2D eigenvalue weighted by Crippen LogP contribution is 2.18. The maximum atomic E-state index is 13.0. The molecule has 4 heteroatoms. The Morgan fingerprint density at radius 2 is 2.21 bits per heavy atom. The van der Waals surface area contributed by atoms with Crippen molar-refractivity contribution >= 4 is 5.97 Å². The fraction of sp³-hybridized carbons (Fsp3) is 0.533. The Morgan fingerprint density at radius 3 is 2.79 bits per heavy atom. The molecule has 1 aromatic carbocycles. The van der Waals surface area contributed by atoms with Gasteiger partial charge in [-0.2, -0.15) is 0 Å². The Balaban J connectivity index is 2.30. The second kappa shape index (κ2) is 7.89. The van der Waals surface area contributed by atoms with Gasteiger partial charge in [0.05, 0.1) is 5.92 Å². The van der Waals surface area contributed by atoms with Crippen LogP contribution in [-0.2, 0) is 11.2 Å². The normalized spacial score (nSPS) is 14.1. The highest BCUT2D eigenvalue weighted by atomic mass is 19.1. The third kappa shape index (κ3) is 5.83. The molecule has 0 aliphatic rings. The average molecular weight is 267 g/mol. The third-order valence-corrected chi connectivity index (χ3v) is 3.37. The van der Waals surface area contributed by atoms with Crippen LogP contribution in [0.25, 0.3) is 0 Å². The van der Waals surface area contributed by atoms with E-state index in [1.165, 1.54) is 6.07 Å². The van der Waals surface area contributed by atoms with Crippen LogP contribution in [0, 0.1) is 17.7 Å². The van der Waals surface area contributed by atoms with Gasteiger partial charge >= 0.3 is 5.97 Å². The van der Waals surface area contributed by atoms with E-state index in [9.17, 15) is 9.18 Å². The van der Waals surface area contributed by atoms with Crippen molar-refractivity contribution in [2.24, 2.45) is 17.6 Å². The van der Waals surface area contributed by atoms with Crippen LogP contribution in [0.2, 0.25) is 0 Å². The zero-order chi connectivity index (χ0) is 14.3. The summed E-state index contributed by atoms with van der Waals surface area (Å²) in [5.41, 5.74) is 6.42. The van der Waals surface area contributed by atoms with Crippen LogP contribution in [0.5, 0.6) is 0 Å². The Kier molecular flexibility index (Phi) is 6.50. The molecule has 0 aromatic heterocycles. The first-order valence-corrected chi connectivity index (χ1v) is 6.70. The summed E-state index contributed by atoms with van der Waals surface area (Å²) in [4.78, 5) is 10.9. The van der Waals surface area contributed by atoms with Gasteiger partial charge in [-0.05, 0) is 42.9 Å².